The van der Waals surface area contributed by atoms with Crippen molar-refractivity contribution in [2.45, 2.75) is 27.3 Å². The largest absolute Gasteiger partial charge is 0.383 e. The molecule has 0 spiro atoms. The number of aryl methyl sites for hydroxylation is 2. The number of rotatable bonds is 2. The van der Waals surface area contributed by atoms with E-state index in [1.807, 2.05) is 18.5 Å². The van der Waals surface area contributed by atoms with E-state index in [-0.39, 0.29) is 0 Å². The first-order valence-electron chi connectivity index (χ1n) is 6.55. The van der Waals surface area contributed by atoms with Crippen LogP contribution in [0.2, 0.25) is 0 Å². The minimum absolute atomic E-state index is 0.539. The van der Waals surface area contributed by atoms with Gasteiger partial charge in [0, 0.05) is 18.1 Å². The summed E-state index contributed by atoms with van der Waals surface area (Å²) in [5, 5.41) is 0.951. The number of aromatic nitrogens is 4. The van der Waals surface area contributed by atoms with Crippen LogP contribution >= 0.6 is 0 Å². The molecule has 5 nitrogen and oxygen atoms in total. The number of nitrogens with two attached hydrogens (primary N) is 1. The molecule has 0 bridgehead atoms. The van der Waals surface area contributed by atoms with Gasteiger partial charge in [-0.1, -0.05) is 0 Å². The van der Waals surface area contributed by atoms with Gasteiger partial charge in [-0.2, -0.15) is 0 Å². The molecule has 0 atom stereocenters. The minimum Gasteiger partial charge on any atom is -0.383 e. The fourth-order valence-corrected chi connectivity index (χ4v) is 2.52. The zero-order chi connectivity index (χ0) is 14.3. The maximum Gasteiger partial charge on any atom is 0.146 e. The first-order valence-corrected chi connectivity index (χ1v) is 6.55. The lowest BCUT2D eigenvalue weighted by Gasteiger charge is -2.09. The van der Waals surface area contributed by atoms with Gasteiger partial charge in [0.2, 0.25) is 0 Å². The molecule has 20 heavy (non-hydrogen) atoms. The molecule has 0 radical (unpaired) electrons. The summed E-state index contributed by atoms with van der Waals surface area (Å²) in [4.78, 5) is 12.7. The standard InChI is InChI=1S/C15H17N5/c1-9-4-5-17-6-12(9)7-20-11(3)10(2)13-14(16)18-8-19-15(13)20/h4-6,8H,7H2,1-3H3,(H2,16,18,19). The van der Waals surface area contributed by atoms with E-state index in [0.717, 1.165) is 28.8 Å². The van der Waals surface area contributed by atoms with Crippen molar-refractivity contribution in [2.75, 3.05) is 5.73 Å². The van der Waals surface area contributed by atoms with Crippen LogP contribution < -0.4 is 5.73 Å². The van der Waals surface area contributed by atoms with Gasteiger partial charge in [0.05, 0.1) is 11.9 Å². The predicted octanol–water partition coefficient (Wildman–Crippen LogP) is 2.38. The van der Waals surface area contributed by atoms with Crippen LogP contribution in [0.1, 0.15) is 22.4 Å². The van der Waals surface area contributed by atoms with Gasteiger partial charge in [-0.05, 0) is 43.5 Å². The summed E-state index contributed by atoms with van der Waals surface area (Å²) in [7, 11) is 0. The molecule has 0 aliphatic rings. The lowest BCUT2D eigenvalue weighted by atomic mass is 10.1. The van der Waals surface area contributed by atoms with E-state index in [4.69, 9.17) is 5.73 Å². The van der Waals surface area contributed by atoms with Crippen LogP contribution in [0.3, 0.4) is 0 Å². The third-order valence-corrected chi connectivity index (χ3v) is 3.91. The molecule has 3 aromatic rings. The van der Waals surface area contributed by atoms with Crippen molar-refractivity contribution in [3.63, 3.8) is 0 Å². The highest BCUT2D eigenvalue weighted by atomic mass is 15.1. The lowest BCUT2D eigenvalue weighted by molar-refractivity contribution is 0.781. The summed E-state index contributed by atoms with van der Waals surface area (Å²) >= 11 is 0. The van der Waals surface area contributed by atoms with Gasteiger partial charge in [-0.3, -0.25) is 4.98 Å². The van der Waals surface area contributed by atoms with E-state index in [1.165, 1.54) is 17.5 Å². The Morgan fingerprint density at radius 3 is 2.75 bits per heavy atom. The zero-order valence-corrected chi connectivity index (χ0v) is 11.9. The van der Waals surface area contributed by atoms with E-state index in [0.29, 0.717) is 5.82 Å². The molecule has 0 aliphatic carbocycles. The second kappa shape index (κ2) is 4.59. The van der Waals surface area contributed by atoms with Crippen LogP contribution in [0.25, 0.3) is 11.0 Å². The lowest BCUT2D eigenvalue weighted by Crippen LogP contribution is -2.05. The van der Waals surface area contributed by atoms with Gasteiger partial charge >= 0.3 is 0 Å². The van der Waals surface area contributed by atoms with E-state index < -0.39 is 0 Å². The normalized spacial score (nSPS) is 11.2. The topological polar surface area (TPSA) is 69.6 Å². The molecule has 2 N–H and O–H groups in total. The Hall–Kier alpha value is -2.43. The Morgan fingerprint density at radius 1 is 1.20 bits per heavy atom. The average molecular weight is 267 g/mol. The van der Waals surface area contributed by atoms with Crippen molar-refractivity contribution < 1.29 is 0 Å². The number of nitrogen functional groups attached to an aromatic ring is 1. The van der Waals surface area contributed by atoms with Crippen LogP contribution in [0.5, 0.6) is 0 Å². The van der Waals surface area contributed by atoms with Crippen LogP contribution in [-0.4, -0.2) is 19.5 Å². The van der Waals surface area contributed by atoms with E-state index in [2.05, 4.69) is 40.3 Å². The number of pyridine rings is 1. The van der Waals surface area contributed by atoms with Crippen LogP contribution in [0.15, 0.2) is 24.8 Å². The van der Waals surface area contributed by atoms with Gasteiger partial charge in [0.15, 0.2) is 0 Å². The smallest absolute Gasteiger partial charge is 0.146 e. The summed E-state index contributed by atoms with van der Waals surface area (Å²) in [6, 6.07) is 2.02. The second-order valence-corrected chi connectivity index (χ2v) is 5.06. The molecule has 0 saturated carbocycles. The second-order valence-electron chi connectivity index (χ2n) is 5.06. The summed E-state index contributed by atoms with van der Waals surface area (Å²) in [6.07, 6.45) is 5.23. The van der Waals surface area contributed by atoms with E-state index >= 15 is 0 Å². The molecular weight excluding hydrogens is 250 g/mol. The Labute approximate surface area is 117 Å². The van der Waals surface area contributed by atoms with E-state index in [1.54, 1.807) is 0 Å². The highest BCUT2D eigenvalue weighted by Crippen LogP contribution is 2.27. The van der Waals surface area contributed by atoms with Crippen molar-refractivity contribution in [2.24, 2.45) is 0 Å². The number of nitrogens with zero attached hydrogens (tertiary/aromatic N) is 4. The number of hydrogen-bond donors (Lipinski definition) is 1. The van der Waals surface area contributed by atoms with Crippen LogP contribution in [-0.2, 0) is 6.54 Å². The van der Waals surface area contributed by atoms with Crippen LogP contribution in [0, 0.1) is 20.8 Å². The number of fused-ring (bicyclic) bond motifs is 1. The maximum atomic E-state index is 5.99. The number of anilines is 1. The third-order valence-electron chi connectivity index (χ3n) is 3.91. The van der Waals surface area contributed by atoms with Crippen molar-refractivity contribution in [1.29, 1.82) is 0 Å². The molecule has 0 unspecified atom stereocenters. The Balaban J connectivity index is 2.20. The van der Waals surface area contributed by atoms with E-state index in [9.17, 15) is 0 Å². The molecule has 3 aromatic heterocycles. The third kappa shape index (κ3) is 1.82. The van der Waals surface area contributed by atoms with Crippen molar-refractivity contribution in [3.05, 3.63) is 47.2 Å². The Morgan fingerprint density at radius 2 is 2.00 bits per heavy atom. The van der Waals surface area contributed by atoms with Gasteiger partial charge in [-0.15, -0.1) is 0 Å². The number of hydrogen-bond acceptors (Lipinski definition) is 4. The molecule has 0 saturated heterocycles. The fraction of sp³-hybridized carbons (Fsp3) is 0.267. The molecule has 0 aliphatic heterocycles. The quantitative estimate of drug-likeness (QED) is 0.774. The summed E-state index contributed by atoms with van der Waals surface area (Å²) in [5.74, 6) is 0.539. The summed E-state index contributed by atoms with van der Waals surface area (Å²) in [6.45, 7) is 6.98. The molecular formula is C15H17N5. The Bertz CT molecular complexity index is 788. The summed E-state index contributed by atoms with van der Waals surface area (Å²) < 4.78 is 2.17. The molecule has 0 amide bonds. The molecule has 3 rings (SSSR count). The van der Waals surface area contributed by atoms with Gasteiger partial charge < -0.3 is 10.3 Å². The Kier molecular flexibility index (Phi) is 2.89. The first kappa shape index (κ1) is 12.6. The molecule has 3 heterocycles. The maximum absolute atomic E-state index is 5.99. The molecule has 0 aromatic carbocycles. The highest BCUT2D eigenvalue weighted by molar-refractivity contribution is 5.90. The minimum atomic E-state index is 0.539. The van der Waals surface area contributed by atoms with Crippen molar-refractivity contribution in [3.8, 4) is 0 Å². The van der Waals surface area contributed by atoms with Gasteiger partial charge in [0.1, 0.15) is 17.8 Å². The molecule has 102 valence electrons. The van der Waals surface area contributed by atoms with Crippen molar-refractivity contribution >= 4 is 16.9 Å². The predicted molar refractivity (Wildman–Crippen MR) is 79.5 cm³/mol. The molecule has 0 fully saturated rings. The van der Waals surface area contributed by atoms with Gasteiger partial charge in [-0.25, -0.2) is 9.97 Å². The first-order chi connectivity index (χ1) is 9.59. The summed E-state index contributed by atoms with van der Waals surface area (Å²) in [5.41, 5.74) is 11.6. The van der Waals surface area contributed by atoms with Crippen LogP contribution in [0.4, 0.5) is 5.82 Å². The monoisotopic (exact) mass is 267 g/mol. The van der Waals surface area contributed by atoms with Crippen molar-refractivity contribution in [1.82, 2.24) is 19.5 Å². The highest BCUT2D eigenvalue weighted by Gasteiger charge is 2.15. The zero-order valence-electron chi connectivity index (χ0n) is 11.9. The SMILES string of the molecule is Cc1ccncc1Cn1c(C)c(C)c2c(N)ncnc21. The average Bonchev–Trinajstić information content (AvgIpc) is 2.67. The van der Waals surface area contributed by atoms with Gasteiger partial charge in [0.25, 0.3) is 0 Å². The fourth-order valence-electron chi connectivity index (χ4n) is 2.52. The molecule has 5 heteroatoms.